The highest BCUT2D eigenvalue weighted by Crippen LogP contribution is 2.37. The van der Waals surface area contributed by atoms with Gasteiger partial charge in [-0.2, -0.15) is 0 Å². The van der Waals surface area contributed by atoms with Crippen molar-refractivity contribution in [1.29, 1.82) is 0 Å². The topological polar surface area (TPSA) is 81.1 Å². The molecule has 3 rings (SSSR count). The van der Waals surface area contributed by atoms with E-state index in [0.29, 0.717) is 35.4 Å². The lowest BCUT2D eigenvalue weighted by Gasteiger charge is -2.43. The van der Waals surface area contributed by atoms with Crippen molar-refractivity contribution >= 4 is 21.8 Å². The van der Waals surface area contributed by atoms with Crippen LogP contribution in [0.25, 0.3) is 0 Å². The van der Waals surface area contributed by atoms with Gasteiger partial charge in [-0.05, 0) is 52.7 Å². The maximum Gasteiger partial charge on any atom is 0.522 e. The van der Waals surface area contributed by atoms with E-state index in [0.717, 1.165) is 0 Å². The molecule has 2 heterocycles. The van der Waals surface area contributed by atoms with Gasteiger partial charge in [-0.1, -0.05) is 13.0 Å². The number of likely N-dealkylation sites (tertiary alicyclic amines) is 1. The monoisotopic (exact) mass is 532 g/mol. The number of alkyl halides is 3. The summed E-state index contributed by atoms with van der Waals surface area (Å²) in [6, 6.07) is 9.81. The largest absolute Gasteiger partial charge is 0.522 e. The molecule has 0 bridgehead atoms. The van der Waals surface area contributed by atoms with Crippen LogP contribution in [-0.4, -0.2) is 60.7 Å². The van der Waals surface area contributed by atoms with Crippen molar-refractivity contribution in [2.45, 2.75) is 25.3 Å². The van der Waals surface area contributed by atoms with E-state index in [1.807, 2.05) is 6.92 Å². The van der Waals surface area contributed by atoms with Crippen molar-refractivity contribution in [3.63, 3.8) is 0 Å². The van der Waals surface area contributed by atoms with Crippen LogP contribution in [0.1, 0.15) is 29.4 Å². The Morgan fingerprint density at radius 1 is 1.27 bits per heavy atom. The Hall–Kier alpha value is -2.37. The van der Waals surface area contributed by atoms with Gasteiger partial charge in [0.2, 0.25) is 0 Å². The first kappa shape index (κ1) is 25.3. The third-order valence-corrected chi connectivity index (χ3v) is 5.98. The lowest BCUT2D eigenvalue weighted by Crippen LogP contribution is -2.51. The first-order chi connectivity index (χ1) is 15.5. The molecule has 0 radical (unpaired) electrons. The van der Waals surface area contributed by atoms with Gasteiger partial charge in [0, 0.05) is 24.6 Å². The fourth-order valence-electron chi connectivity index (χ4n) is 3.75. The van der Waals surface area contributed by atoms with Gasteiger partial charge in [0.05, 0.1) is 19.4 Å². The van der Waals surface area contributed by atoms with Crippen molar-refractivity contribution in [1.82, 2.24) is 9.88 Å². The van der Waals surface area contributed by atoms with E-state index >= 15 is 0 Å². The van der Waals surface area contributed by atoms with Crippen LogP contribution in [0, 0.1) is 5.92 Å². The number of ether oxygens (including phenoxy) is 3. The van der Waals surface area contributed by atoms with Gasteiger partial charge in [-0.25, -0.2) is 4.98 Å². The van der Waals surface area contributed by atoms with Gasteiger partial charge in [0.25, 0.3) is 5.91 Å². The van der Waals surface area contributed by atoms with Crippen LogP contribution in [-0.2, 0) is 10.3 Å². The van der Waals surface area contributed by atoms with Gasteiger partial charge in [-0.15, -0.1) is 13.2 Å². The number of pyridine rings is 1. The molecule has 1 aromatic heterocycles. The number of nitrogens with zero attached hydrogens (tertiary/aromatic N) is 2. The number of hydrogen-bond donors (Lipinski definition) is 1. The molecule has 180 valence electrons. The molecule has 1 aromatic carbocycles. The summed E-state index contributed by atoms with van der Waals surface area (Å²) in [5, 5.41) is 11.2. The molecular formula is C22H24BrF3N2O5. The third-order valence-electron chi connectivity index (χ3n) is 5.54. The number of piperidine rings is 1. The molecule has 1 fully saturated rings. The number of amides is 1. The molecule has 0 aliphatic carbocycles. The summed E-state index contributed by atoms with van der Waals surface area (Å²) < 4.78 is 51.0. The predicted molar refractivity (Wildman–Crippen MR) is 116 cm³/mol. The second-order valence-corrected chi connectivity index (χ2v) is 8.49. The fraction of sp³-hybridized carbons (Fsp3) is 0.455. The molecule has 33 heavy (non-hydrogen) atoms. The van der Waals surface area contributed by atoms with Crippen LogP contribution in [0.4, 0.5) is 13.2 Å². The molecule has 1 N–H and O–H groups in total. The minimum Gasteiger partial charge on any atom is -0.493 e. The molecule has 1 aliphatic heterocycles. The third kappa shape index (κ3) is 6.15. The van der Waals surface area contributed by atoms with Crippen LogP contribution in [0.2, 0.25) is 0 Å². The van der Waals surface area contributed by atoms with Gasteiger partial charge in [0.1, 0.15) is 16.8 Å². The number of hydrogen-bond acceptors (Lipinski definition) is 6. The van der Waals surface area contributed by atoms with Crippen LogP contribution in [0.5, 0.6) is 11.5 Å². The van der Waals surface area contributed by atoms with E-state index in [1.54, 1.807) is 23.1 Å². The maximum absolute atomic E-state index is 13.1. The Kier molecular flexibility index (Phi) is 7.86. The molecule has 2 atom stereocenters. The Labute approximate surface area is 197 Å². The standard InChI is InChI=1S/C22H24BrF3N2O5/c1-14-13-28(9-8-21(14,30)18-4-3-5-19(23)27-18)20(29)15-6-7-16(17(12-15)31-2)32-10-11-33-22(24,25)26/h3-7,12,14,30H,8-11,13H2,1-2H3/t14?,21-/m0/s1. The zero-order chi connectivity index (χ0) is 24.2. The van der Waals surface area contributed by atoms with Crippen LogP contribution in [0.3, 0.4) is 0 Å². The zero-order valence-electron chi connectivity index (χ0n) is 18.1. The number of carbonyl (C=O) groups is 1. The summed E-state index contributed by atoms with van der Waals surface area (Å²) >= 11 is 3.32. The SMILES string of the molecule is COc1cc(C(=O)N2CC[C@@](O)(c3cccc(Br)n3)C(C)C2)ccc1OCCOC(F)(F)F. The smallest absolute Gasteiger partial charge is 0.493 e. The lowest BCUT2D eigenvalue weighted by atomic mass is 9.79. The van der Waals surface area contributed by atoms with Crippen LogP contribution in [0.15, 0.2) is 41.0 Å². The van der Waals surface area contributed by atoms with Crippen molar-refractivity contribution in [2.75, 3.05) is 33.4 Å². The van der Waals surface area contributed by atoms with Crippen molar-refractivity contribution in [3.8, 4) is 11.5 Å². The van der Waals surface area contributed by atoms with Gasteiger partial charge >= 0.3 is 6.36 Å². The summed E-state index contributed by atoms with van der Waals surface area (Å²) in [6.07, 6.45) is -4.41. The van der Waals surface area contributed by atoms with E-state index in [1.165, 1.54) is 25.3 Å². The molecule has 1 unspecified atom stereocenters. The Morgan fingerprint density at radius 2 is 2.03 bits per heavy atom. The maximum atomic E-state index is 13.1. The Balaban J connectivity index is 1.66. The summed E-state index contributed by atoms with van der Waals surface area (Å²) in [5.41, 5.74) is -0.271. The number of benzene rings is 1. The second kappa shape index (κ2) is 10.3. The first-order valence-corrected chi connectivity index (χ1v) is 11.0. The molecule has 11 heteroatoms. The Bertz CT molecular complexity index is 991. The zero-order valence-corrected chi connectivity index (χ0v) is 19.6. The number of methoxy groups -OCH3 is 1. The lowest BCUT2D eigenvalue weighted by molar-refractivity contribution is -0.325. The molecular weight excluding hydrogens is 509 g/mol. The summed E-state index contributed by atoms with van der Waals surface area (Å²) in [5.74, 6) is -0.110. The number of aromatic nitrogens is 1. The molecule has 0 spiro atoms. The highest BCUT2D eigenvalue weighted by Gasteiger charge is 2.42. The van der Waals surface area contributed by atoms with Gasteiger partial charge in [0.15, 0.2) is 11.5 Å². The van der Waals surface area contributed by atoms with Crippen molar-refractivity contribution < 1.29 is 37.3 Å². The van der Waals surface area contributed by atoms with E-state index in [4.69, 9.17) is 9.47 Å². The average Bonchev–Trinajstić information content (AvgIpc) is 2.77. The quantitative estimate of drug-likeness (QED) is 0.426. The molecule has 0 saturated carbocycles. The van der Waals surface area contributed by atoms with Crippen molar-refractivity contribution in [3.05, 3.63) is 52.3 Å². The molecule has 2 aromatic rings. The van der Waals surface area contributed by atoms with Crippen LogP contribution >= 0.6 is 15.9 Å². The average molecular weight is 533 g/mol. The second-order valence-electron chi connectivity index (χ2n) is 7.68. The fourth-order valence-corrected chi connectivity index (χ4v) is 4.09. The number of carbonyl (C=O) groups excluding carboxylic acids is 1. The highest BCUT2D eigenvalue weighted by molar-refractivity contribution is 9.10. The van der Waals surface area contributed by atoms with Crippen molar-refractivity contribution in [2.24, 2.45) is 5.92 Å². The summed E-state index contributed by atoms with van der Waals surface area (Å²) in [7, 11) is 1.37. The van der Waals surface area contributed by atoms with Crippen LogP contribution < -0.4 is 9.47 Å². The molecule has 7 nitrogen and oxygen atoms in total. The van der Waals surface area contributed by atoms with E-state index in [9.17, 15) is 23.1 Å². The van der Waals surface area contributed by atoms with E-state index in [-0.39, 0.29) is 29.9 Å². The number of halogens is 4. The minimum absolute atomic E-state index is 0.196. The Morgan fingerprint density at radius 3 is 2.67 bits per heavy atom. The predicted octanol–water partition coefficient (Wildman–Crippen LogP) is 4.14. The number of rotatable bonds is 7. The highest BCUT2D eigenvalue weighted by atomic mass is 79.9. The van der Waals surface area contributed by atoms with Gasteiger partial charge in [-0.3, -0.25) is 9.53 Å². The number of aliphatic hydroxyl groups is 1. The molecule has 1 aliphatic rings. The van der Waals surface area contributed by atoms with E-state index < -0.39 is 18.6 Å². The summed E-state index contributed by atoms with van der Waals surface area (Å²) in [4.78, 5) is 19.1. The summed E-state index contributed by atoms with van der Waals surface area (Å²) in [6.45, 7) is 1.49. The first-order valence-electron chi connectivity index (χ1n) is 10.2. The normalized spacial score (nSPS) is 21.1. The minimum atomic E-state index is -4.73. The van der Waals surface area contributed by atoms with E-state index in [2.05, 4.69) is 25.7 Å². The molecule has 1 saturated heterocycles. The molecule has 1 amide bonds. The van der Waals surface area contributed by atoms with Gasteiger partial charge < -0.3 is 19.5 Å².